The number of nitrogens with one attached hydrogen (secondary N) is 2. The zero-order valence-corrected chi connectivity index (χ0v) is 21.5. The lowest BCUT2D eigenvalue weighted by molar-refractivity contribution is -0.127. The van der Waals surface area contributed by atoms with Crippen LogP contribution in [0, 0.1) is 11.7 Å². The molecule has 0 radical (unpaired) electrons. The van der Waals surface area contributed by atoms with Crippen molar-refractivity contribution in [2.75, 3.05) is 52.7 Å². The normalized spacial score (nSPS) is 15.6. The third-order valence-electron chi connectivity index (χ3n) is 6.09. The van der Waals surface area contributed by atoms with E-state index < -0.39 is 6.10 Å². The first kappa shape index (κ1) is 28.8. The summed E-state index contributed by atoms with van der Waals surface area (Å²) in [5, 5.41) is 16.4. The number of aliphatic hydroxyl groups is 1. The number of carbonyl (C=O) groups is 1. The molecule has 9 heteroatoms. The highest BCUT2D eigenvalue weighted by Gasteiger charge is 2.21. The molecule has 1 aliphatic rings. The molecule has 1 unspecified atom stereocenters. The molecule has 1 heterocycles. The lowest BCUT2D eigenvalue weighted by Crippen LogP contribution is -2.44. The maximum atomic E-state index is 12.9. The van der Waals surface area contributed by atoms with Gasteiger partial charge in [-0.25, -0.2) is 4.39 Å². The van der Waals surface area contributed by atoms with Crippen LogP contribution < -0.4 is 20.1 Å². The summed E-state index contributed by atoms with van der Waals surface area (Å²) in [6.07, 6.45) is 1.58. The minimum Gasteiger partial charge on any atom is -0.491 e. The Labute approximate surface area is 218 Å². The third kappa shape index (κ3) is 11.5. The maximum Gasteiger partial charge on any atom is 0.223 e. The van der Waals surface area contributed by atoms with Crippen LogP contribution in [-0.4, -0.2) is 75.9 Å². The van der Waals surface area contributed by atoms with Crippen molar-refractivity contribution in [1.82, 2.24) is 10.6 Å². The standard InChI is InChI=1S/C28H39FN2O6/c1-21(18-31-28(33)23-11-14-34-15-12-23)30-19-25(32)20-37-27-8-6-26(7-9-27)36-17-16-35-13-10-22-2-4-24(29)5-3-22/h2-9,21,23,25,30,32H,10-20H2,1H3,(H,31,33)/t21?,25-/m0/s1. The average molecular weight is 519 g/mol. The summed E-state index contributed by atoms with van der Waals surface area (Å²) in [7, 11) is 0. The molecule has 1 aliphatic heterocycles. The van der Waals surface area contributed by atoms with E-state index in [9.17, 15) is 14.3 Å². The summed E-state index contributed by atoms with van der Waals surface area (Å²) in [5.74, 6) is 1.20. The van der Waals surface area contributed by atoms with E-state index in [1.165, 1.54) is 12.1 Å². The number of hydrogen-bond acceptors (Lipinski definition) is 7. The van der Waals surface area contributed by atoms with Crippen LogP contribution in [0.2, 0.25) is 0 Å². The number of carbonyl (C=O) groups excluding carboxylic acids is 1. The molecule has 1 amide bonds. The molecule has 1 saturated heterocycles. The van der Waals surface area contributed by atoms with E-state index in [1.54, 1.807) is 24.3 Å². The lowest BCUT2D eigenvalue weighted by Gasteiger charge is -2.23. The predicted octanol–water partition coefficient (Wildman–Crippen LogP) is 2.72. The highest BCUT2D eigenvalue weighted by molar-refractivity contribution is 5.78. The summed E-state index contributed by atoms with van der Waals surface area (Å²) in [6, 6.07) is 13.6. The van der Waals surface area contributed by atoms with Crippen molar-refractivity contribution in [2.24, 2.45) is 5.92 Å². The van der Waals surface area contributed by atoms with Crippen LogP contribution in [0.4, 0.5) is 4.39 Å². The number of benzene rings is 2. The highest BCUT2D eigenvalue weighted by Crippen LogP contribution is 2.18. The topological polar surface area (TPSA) is 98.3 Å². The average Bonchev–Trinajstić information content (AvgIpc) is 2.93. The minimum atomic E-state index is -0.684. The fourth-order valence-electron chi connectivity index (χ4n) is 3.81. The number of rotatable bonds is 16. The van der Waals surface area contributed by atoms with Crippen LogP contribution in [-0.2, 0) is 20.7 Å². The van der Waals surface area contributed by atoms with Crippen LogP contribution in [0.25, 0.3) is 0 Å². The van der Waals surface area contributed by atoms with Crippen LogP contribution in [0.15, 0.2) is 48.5 Å². The number of hydrogen-bond donors (Lipinski definition) is 3. The molecule has 2 aromatic carbocycles. The molecule has 1 fully saturated rings. The van der Waals surface area contributed by atoms with E-state index in [1.807, 2.05) is 19.1 Å². The van der Waals surface area contributed by atoms with Gasteiger partial charge in [0.1, 0.15) is 36.6 Å². The number of aliphatic hydroxyl groups excluding tert-OH is 1. The summed E-state index contributed by atoms with van der Waals surface area (Å²) in [5.41, 5.74) is 1.03. The van der Waals surface area contributed by atoms with Gasteiger partial charge in [0.25, 0.3) is 0 Å². The Morgan fingerprint density at radius 3 is 2.38 bits per heavy atom. The van der Waals surface area contributed by atoms with Crippen molar-refractivity contribution in [3.05, 3.63) is 59.9 Å². The van der Waals surface area contributed by atoms with Gasteiger partial charge in [-0.15, -0.1) is 0 Å². The first-order valence-corrected chi connectivity index (χ1v) is 12.9. The zero-order chi connectivity index (χ0) is 26.3. The van der Waals surface area contributed by atoms with Crippen LogP contribution >= 0.6 is 0 Å². The Balaban J connectivity index is 1.21. The van der Waals surface area contributed by atoms with E-state index in [2.05, 4.69) is 10.6 Å². The van der Waals surface area contributed by atoms with Crippen molar-refractivity contribution in [2.45, 2.75) is 38.3 Å². The second-order valence-corrected chi connectivity index (χ2v) is 9.21. The molecule has 0 spiro atoms. The molecule has 0 aliphatic carbocycles. The summed E-state index contributed by atoms with van der Waals surface area (Å²) >= 11 is 0. The lowest BCUT2D eigenvalue weighted by atomic mass is 9.99. The van der Waals surface area contributed by atoms with Gasteiger partial charge in [-0.3, -0.25) is 4.79 Å². The quantitative estimate of drug-likeness (QED) is 0.294. The molecule has 37 heavy (non-hydrogen) atoms. The summed E-state index contributed by atoms with van der Waals surface area (Å²) < 4.78 is 35.1. The second-order valence-electron chi connectivity index (χ2n) is 9.21. The molecule has 0 bridgehead atoms. The summed E-state index contributed by atoms with van der Waals surface area (Å²) in [4.78, 5) is 12.2. The second kappa shape index (κ2) is 16.2. The molecule has 8 nitrogen and oxygen atoms in total. The molecule has 204 valence electrons. The Kier molecular flexibility index (Phi) is 12.6. The third-order valence-corrected chi connectivity index (χ3v) is 6.09. The van der Waals surface area contributed by atoms with Gasteiger partial charge in [-0.2, -0.15) is 0 Å². The zero-order valence-electron chi connectivity index (χ0n) is 21.5. The minimum absolute atomic E-state index is 0.0294. The fourth-order valence-corrected chi connectivity index (χ4v) is 3.81. The van der Waals surface area contributed by atoms with Crippen molar-refractivity contribution in [1.29, 1.82) is 0 Å². The van der Waals surface area contributed by atoms with Gasteiger partial charge in [-0.05, 0) is 68.1 Å². The van der Waals surface area contributed by atoms with Crippen molar-refractivity contribution in [3.8, 4) is 11.5 Å². The SMILES string of the molecule is CC(CNC(=O)C1CCOCC1)NC[C@H](O)COc1ccc(OCCOCCc2ccc(F)cc2)cc1. The Hall–Kier alpha value is -2.72. The molecule has 3 rings (SSSR count). The molecule has 0 saturated carbocycles. The van der Waals surface area contributed by atoms with Crippen molar-refractivity contribution < 1.29 is 33.2 Å². The fraction of sp³-hybridized carbons (Fsp3) is 0.536. The Morgan fingerprint density at radius 2 is 1.68 bits per heavy atom. The molecule has 0 aromatic heterocycles. The molecule has 2 aromatic rings. The van der Waals surface area contributed by atoms with Gasteiger partial charge in [-0.1, -0.05) is 12.1 Å². The summed E-state index contributed by atoms with van der Waals surface area (Å²) in [6.45, 7) is 5.68. The molecule has 2 atom stereocenters. The van der Waals surface area contributed by atoms with Gasteiger partial charge in [0.05, 0.1) is 13.2 Å². The molecule has 3 N–H and O–H groups in total. The molecular formula is C28H39FN2O6. The van der Waals surface area contributed by atoms with Gasteiger partial charge >= 0.3 is 0 Å². The van der Waals surface area contributed by atoms with Crippen LogP contribution in [0.3, 0.4) is 0 Å². The predicted molar refractivity (Wildman–Crippen MR) is 138 cm³/mol. The largest absolute Gasteiger partial charge is 0.491 e. The van der Waals surface area contributed by atoms with E-state index in [-0.39, 0.29) is 30.3 Å². The van der Waals surface area contributed by atoms with Crippen LogP contribution in [0.1, 0.15) is 25.3 Å². The molecular weight excluding hydrogens is 479 g/mol. The van der Waals surface area contributed by atoms with E-state index >= 15 is 0 Å². The van der Waals surface area contributed by atoms with Crippen molar-refractivity contribution >= 4 is 5.91 Å². The van der Waals surface area contributed by atoms with Gasteiger partial charge < -0.3 is 34.7 Å². The Bertz CT molecular complexity index is 906. The van der Waals surface area contributed by atoms with E-state index in [0.29, 0.717) is 57.6 Å². The first-order valence-electron chi connectivity index (χ1n) is 12.9. The van der Waals surface area contributed by atoms with Crippen LogP contribution in [0.5, 0.6) is 11.5 Å². The monoisotopic (exact) mass is 518 g/mol. The highest BCUT2D eigenvalue weighted by atomic mass is 19.1. The van der Waals surface area contributed by atoms with Gasteiger partial charge in [0.2, 0.25) is 5.91 Å². The Morgan fingerprint density at radius 1 is 1.00 bits per heavy atom. The van der Waals surface area contributed by atoms with Crippen molar-refractivity contribution in [3.63, 3.8) is 0 Å². The van der Waals surface area contributed by atoms with E-state index in [0.717, 1.165) is 24.8 Å². The number of ether oxygens (including phenoxy) is 4. The number of halogens is 1. The maximum absolute atomic E-state index is 12.9. The first-order chi connectivity index (χ1) is 18.0. The smallest absolute Gasteiger partial charge is 0.223 e. The number of amides is 1. The van der Waals surface area contributed by atoms with E-state index in [4.69, 9.17) is 18.9 Å². The van der Waals surface area contributed by atoms with Gasteiger partial charge in [0.15, 0.2) is 0 Å². The van der Waals surface area contributed by atoms with Gasteiger partial charge in [0, 0.05) is 38.3 Å².